The average molecular weight is 352 g/mol. The van der Waals surface area contributed by atoms with Gasteiger partial charge in [-0.05, 0) is 13.0 Å². The van der Waals surface area contributed by atoms with Crippen molar-refractivity contribution in [2.24, 2.45) is 0 Å². The Kier molecular flexibility index (Phi) is 4.66. The minimum Gasteiger partial charge on any atom is -0.250 e. The molecule has 0 N–H and O–H groups in total. The molecule has 0 radical (unpaired) electrons. The molecule has 0 aromatic carbocycles. The minimum absolute atomic E-state index is 0.00985. The first-order valence-corrected chi connectivity index (χ1v) is 8.50. The first-order valence-electron chi connectivity index (χ1n) is 5.49. The lowest BCUT2D eigenvalue weighted by molar-refractivity contribution is 0.469. The average Bonchev–Trinajstić information content (AvgIpc) is 2.78. The van der Waals surface area contributed by atoms with Gasteiger partial charge in [0.15, 0.2) is 0 Å². The van der Waals surface area contributed by atoms with Gasteiger partial charge in [-0.2, -0.15) is 4.31 Å². The second-order valence-corrected chi connectivity index (χ2v) is 8.18. The van der Waals surface area contributed by atoms with Gasteiger partial charge in [-0.3, -0.25) is 0 Å². The fourth-order valence-corrected chi connectivity index (χ4v) is 3.89. The maximum absolute atomic E-state index is 12.4. The van der Waals surface area contributed by atoms with E-state index in [4.69, 9.17) is 23.2 Å². The highest BCUT2D eigenvalue weighted by atomic mass is 35.5. The lowest BCUT2D eigenvalue weighted by atomic mass is 10.5. The zero-order valence-electron chi connectivity index (χ0n) is 10.7. The lowest BCUT2D eigenvalue weighted by Crippen LogP contribution is -2.26. The van der Waals surface area contributed by atoms with E-state index in [0.29, 0.717) is 0 Å². The van der Waals surface area contributed by atoms with Crippen molar-refractivity contribution in [2.75, 3.05) is 7.05 Å². The highest BCUT2D eigenvalue weighted by Crippen LogP contribution is 2.25. The quantitative estimate of drug-likeness (QED) is 0.794. The Hall–Kier alpha value is -0.730. The number of rotatable bonds is 4. The molecule has 0 fully saturated rings. The molecule has 0 aliphatic heterocycles. The molecule has 108 valence electrons. The van der Waals surface area contributed by atoms with Crippen molar-refractivity contribution in [3.05, 3.63) is 38.5 Å². The minimum atomic E-state index is -3.66. The van der Waals surface area contributed by atoms with Crippen LogP contribution in [0.2, 0.25) is 10.2 Å². The van der Waals surface area contributed by atoms with Crippen molar-refractivity contribution in [3.8, 4) is 0 Å². The van der Waals surface area contributed by atoms with Crippen LogP contribution in [-0.4, -0.2) is 29.7 Å². The van der Waals surface area contributed by atoms with Crippen molar-refractivity contribution in [1.29, 1.82) is 0 Å². The molecule has 0 atom stereocenters. The van der Waals surface area contributed by atoms with Crippen molar-refractivity contribution in [2.45, 2.75) is 18.4 Å². The zero-order valence-corrected chi connectivity index (χ0v) is 13.8. The van der Waals surface area contributed by atoms with Crippen LogP contribution in [0.15, 0.2) is 23.4 Å². The molecule has 0 aliphatic rings. The van der Waals surface area contributed by atoms with Gasteiger partial charge in [-0.25, -0.2) is 18.4 Å². The van der Waals surface area contributed by atoms with E-state index in [2.05, 4.69) is 9.97 Å². The van der Waals surface area contributed by atoms with E-state index in [1.54, 1.807) is 6.20 Å². The summed E-state index contributed by atoms with van der Waals surface area (Å²) in [6, 6.07) is 1.29. The highest BCUT2D eigenvalue weighted by Gasteiger charge is 2.23. The molecule has 2 aromatic heterocycles. The maximum Gasteiger partial charge on any atom is 0.244 e. The first kappa shape index (κ1) is 15.7. The number of aryl methyl sites for hydroxylation is 1. The van der Waals surface area contributed by atoms with E-state index in [-0.39, 0.29) is 21.6 Å². The molecule has 0 aliphatic carbocycles. The molecule has 0 spiro atoms. The van der Waals surface area contributed by atoms with Crippen molar-refractivity contribution in [3.63, 3.8) is 0 Å². The second kappa shape index (κ2) is 5.95. The molecular formula is C11H11Cl2N3O2S2. The summed E-state index contributed by atoms with van der Waals surface area (Å²) in [6.45, 7) is 2.11. The van der Waals surface area contributed by atoms with Gasteiger partial charge < -0.3 is 0 Å². The number of sulfonamides is 1. The van der Waals surface area contributed by atoms with Crippen LogP contribution < -0.4 is 0 Å². The SMILES string of the molecule is Cc1ncc(CN(C)S(=O)(=O)c2cnc(Cl)c(Cl)c2)s1. The number of halogens is 2. The summed E-state index contributed by atoms with van der Waals surface area (Å²) in [5.41, 5.74) is 0. The fraction of sp³-hybridized carbons (Fsp3) is 0.273. The van der Waals surface area contributed by atoms with Crippen LogP contribution in [-0.2, 0) is 16.6 Å². The number of nitrogens with zero attached hydrogens (tertiary/aromatic N) is 3. The van der Waals surface area contributed by atoms with Crippen LogP contribution >= 0.6 is 34.5 Å². The van der Waals surface area contributed by atoms with E-state index in [0.717, 1.165) is 9.88 Å². The second-order valence-electron chi connectivity index (χ2n) is 4.05. The number of aromatic nitrogens is 2. The number of hydrogen-bond acceptors (Lipinski definition) is 5. The van der Waals surface area contributed by atoms with Crippen molar-refractivity contribution in [1.82, 2.24) is 14.3 Å². The molecule has 0 amide bonds. The van der Waals surface area contributed by atoms with Crippen LogP contribution in [0.4, 0.5) is 0 Å². The molecule has 0 saturated carbocycles. The summed E-state index contributed by atoms with van der Waals surface area (Å²) in [4.78, 5) is 8.73. The summed E-state index contributed by atoms with van der Waals surface area (Å²) in [7, 11) is -2.17. The Bertz CT molecular complexity index is 731. The Morgan fingerprint density at radius 3 is 2.55 bits per heavy atom. The van der Waals surface area contributed by atoms with E-state index in [9.17, 15) is 8.42 Å². The molecule has 0 bridgehead atoms. The standard InChI is InChI=1S/C11H11Cl2N3O2S2/c1-7-14-4-8(19-7)6-16(2)20(17,18)9-3-10(12)11(13)15-5-9/h3-5H,6H2,1-2H3. The van der Waals surface area contributed by atoms with E-state index >= 15 is 0 Å². The first-order chi connectivity index (χ1) is 9.30. The Morgan fingerprint density at radius 1 is 1.30 bits per heavy atom. The molecule has 0 saturated heterocycles. The molecule has 2 aromatic rings. The predicted octanol–water partition coefficient (Wildman–Crippen LogP) is 2.97. The number of thiazole rings is 1. The molecule has 20 heavy (non-hydrogen) atoms. The van der Waals surface area contributed by atoms with Gasteiger partial charge in [0.1, 0.15) is 10.0 Å². The molecule has 5 nitrogen and oxygen atoms in total. The summed E-state index contributed by atoms with van der Waals surface area (Å²) in [5.74, 6) is 0. The fourth-order valence-electron chi connectivity index (χ4n) is 1.51. The summed E-state index contributed by atoms with van der Waals surface area (Å²) in [6.07, 6.45) is 2.86. The smallest absolute Gasteiger partial charge is 0.244 e. The predicted molar refractivity (Wildman–Crippen MR) is 79.8 cm³/mol. The molecule has 2 rings (SSSR count). The number of hydrogen-bond donors (Lipinski definition) is 0. The van der Waals surface area contributed by atoms with Gasteiger partial charge in [-0.15, -0.1) is 11.3 Å². The highest BCUT2D eigenvalue weighted by molar-refractivity contribution is 7.89. The van der Waals surface area contributed by atoms with Crippen LogP contribution in [0.5, 0.6) is 0 Å². The third kappa shape index (κ3) is 3.29. The van der Waals surface area contributed by atoms with Gasteiger partial charge in [0.2, 0.25) is 10.0 Å². The summed E-state index contributed by atoms with van der Waals surface area (Å²) in [5, 5.41) is 1.07. The molecule has 9 heteroatoms. The van der Waals surface area contributed by atoms with Gasteiger partial charge in [-0.1, -0.05) is 23.2 Å². The summed E-state index contributed by atoms with van der Waals surface area (Å²) >= 11 is 12.9. The van der Waals surface area contributed by atoms with Crippen molar-refractivity contribution >= 4 is 44.6 Å². The summed E-state index contributed by atoms with van der Waals surface area (Å²) < 4.78 is 26.0. The Labute approximate surface area is 131 Å². The number of pyridine rings is 1. The molecular weight excluding hydrogens is 341 g/mol. The lowest BCUT2D eigenvalue weighted by Gasteiger charge is -2.16. The normalized spacial score (nSPS) is 12.1. The third-order valence-corrected chi connectivity index (χ3v) is 5.88. The van der Waals surface area contributed by atoms with Crippen LogP contribution in [0.1, 0.15) is 9.88 Å². The molecule has 0 unspecified atom stereocenters. The van der Waals surface area contributed by atoms with E-state index in [1.807, 2.05) is 6.92 Å². The maximum atomic E-state index is 12.4. The zero-order chi connectivity index (χ0) is 14.9. The van der Waals surface area contributed by atoms with Crippen LogP contribution in [0.3, 0.4) is 0 Å². The van der Waals surface area contributed by atoms with Crippen molar-refractivity contribution < 1.29 is 8.42 Å². The van der Waals surface area contributed by atoms with Crippen LogP contribution in [0.25, 0.3) is 0 Å². The monoisotopic (exact) mass is 351 g/mol. The van der Waals surface area contributed by atoms with Gasteiger partial charge in [0.25, 0.3) is 0 Å². The van der Waals surface area contributed by atoms with Gasteiger partial charge in [0, 0.05) is 30.9 Å². The third-order valence-electron chi connectivity index (χ3n) is 2.53. The van der Waals surface area contributed by atoms with Gasteiger partial charge in [0.05, 0.1) is 10.0 Å². The Morgan fingerprint density at radius 2 is 2.00 bits per heavy atom. The van der Waals surface area contributed by atoms with Crippen LogP contribution in [0, 0.1) is 6.92 Å². The Balaban J connectivity index is 2.27. The molecule has 2 heterocycles. The topological polar surface area (TPSA) is 63.2 Å². The van der Waals surface area contributed by atoms with Gasteiger partial charge >= 0.3 is 0 Å². The largest absolute Gasteiger partial charge is 0.250 e. The van der Waals surface area contributed by atoms with E-state index in [1.165, 1.54) is 35.0 Å². The van der Waals surface area contributed by atoms with E-state index < -0.39 is 10.0 Å².